The number of nitrogens with one attached hydrogen (secondary N) is 1. The smallest absolute Gasteiger partial charge is 0.306 e. The van der Waals surface area contributed by atoms with Gasteiger partial charge in [0.2, 0.25) is 5.76 Å². The van der Waals surface area contributed by atoms with Gasteiger partial charge in [-0.1, -0.05) is 0 Å². The van der Waals surface area contributed by atoms with E-state index in [4.69, 9.17) is 9.52 Å². The van der Waals surface area contributed by atoms with Gasteiger partial charge in [0.1, 0.15) is 0 Å². The molecule has 1 aliphatic rings. The van der Waals surface area contributed by atoms with Crippen LogP contribution < -0.4 is 5.32 Å². The number of carbonyl (C=O) groups excluding carboxylic acids is 1. The zero-order chi connectivity index (χ0) is 14.7. The minimum atomic E-state index is -0.708. The van der Waals surface area contributed by atoms with E-state index in [1.54, 1.807) is 13.8 Å². The fourth-order valence-electron chi connectivity index (χ4n) is 2.67. The molecule has 1 aromatic heterocycles. The van der Waals surface area contributed by atoms with Gasteiger partial charge in [-0.3, -0.25) is 9.59 Å². The van der Waals surface area contributed by atoms with Gasteiger partial charge >= 0.3 is 5.97 Å². The van der Waals surface area contributed by atoms with Crippen LogP contribution in [0.5, 0.6) is 0 Å². The monoisotopic (exact) mass is 280 g/mol. The van der Waals surface area contributed by atoms with Crippen LogP contribution in [0.4, 0.5) is 0 Å². The Labute approximate surface area is 117 Å². The Balaban J connectivity index is 1.80. The number of hydrogen-bond donors (Lipinski definition) is 2. The van der Waals surface area contributed by atoms with Crippen molar-refractivity contribution in [3.63, 3.8) is 0 Å². The molecule has 6 nitrogen and oxygen atoms in total. The predicted molar refractivity (Wildman–Crippen MR) is 71.4 cm³/mol. The Morgan fingerprint density at radius 3 is 2.45 bits per heavy atom. The SMILES string of the molecule is Cc1nc(C)c(C(=O)NCC2CCC(C(=O)O)CC2)o1. The number of hydrogen-bond acceptors (Lipinski definition) is 4. The topological polar surface area (TPSA) is 92.4 Å². The Kier molecular flexibility index (Phi) is 4.42. The van der Waals surface area contributed by atoms with Crippen LogP contribution in [0, 0.1) is 25.7 Å². The number of oxazole rings is 1. The van der Waals surface area contributed by atoms with Gasteiger partial charge < -0.3 is 14.8 Å². The van der Waals surface area contributed by atoms with Gasteiger partial charge in [0.15, 0.2) is 5.89 Å². The minimum absolute atomic E-state index is 0.221. The molecular formula is C14H20N2O4. The number of aliphatic carboxylic acids is 1. The van der Waals surface area contributed by atoms with Crippen LogP contribution >= 0.6 is 0 Å². The number of rotatable bonds is 4. The van der Waals surface area contributed by atoms with Crippen LogP contribution in [0.15, 0.2) is 4.42 Å². The third kappa shape index (κ3) is 3.37. The summed E-state index contributed by atoms with van der Waals surface area (Å²) in [6.45, 7) is 4.00. The molecule has 1 aromatic rings. The Morgan fingerprint density at radius 1 is 1.30 bits per heavy atom. The summed E-state index contributed by atoms with van der Waals surface area (Å²) in [4.78, 5) is 26.9. The first kappa shape index (κ1) is 14.6. The molecule has 0 radical (unpaired) electrons. The summed E-state index contributed by atoms with van der Waals surface area (Å²) in [5.74, 6) is -0.0833. The van der Waals surface area contributed by atoms with Crippen molar-refractivity contribution < 1.29 is 19.1 Å². The van der Waals surface area contributed by atoms with Crippen molar-refractivity contribution in [2.24, 2.45) is 11.8 Å². The molecule has 110 valence electrons. The van der Waals surface area contributed by atoms with Gasteiger partial charge in [-0.2, -0.15) is 0 Å². The largest absolute Gasteiger partial charge is 0.481 e. The Hall–Kier alpha value is -1.85. The van der Waals surface area contributed by atoms with Gasteiger partial charge in [0, 0.05) is 13.5 Å². The molecular weight excluding hydrogens is 260 g/mol. The van der Waals surface area contributed by atoms with Gasteiger partial charge in [-0.15, -0.1) is 0 Å². The number of carboxylic acids is 1. The number of amides is 1. The maximum atomic E-state index is 12.0. The highest BCUT2D eigenvalue weighted by Gasteiger charge is 2.26. The lowest BCUT2D eigenvalue weighted by molar-refractivity contribution is -0.143. The Morgan fingerprint density at radius 2 is 1.95 bits per heavy atom. The van der Waals surface area contributed by atoms with E-state index in [-0.39, 0.29) is 17.6 Å². The Bertz CT molecular complexity index is 501. The van der Waals surface area contributed by atoms with Crippen molar-refractivity contribution in [2.45, 2.75) is 39.5 Å². The molecule has 1 fully saturated rings. The molecule has 6 heteroatoms. The van der Waals surface area contributed by atoms with Gasteiger partial charge in [-0.05, 0) is 38.5 Å². The van der Waals surface area contributed by atoms with E-state index in [2.05, 4.69) is 10.3 Å². The quantitative estimate of drug-likeness (QED) is 0.879. The zero-order valence-corrected chi connectivity index (χ0v) is 11.8. The van der Waals surface area contributed by atoms with Crippen molar-refractivity contribution in [2.75, 3.05) is 6.54 Å². The summed E-state index contributed by atoms with van der Waals surface area (Å²) < 4.78 is 5.26. The molecule has 0 saturated heterocycles. The zero-order valence-electron chi connectivity index (χ0n) is 11.8. The molecule has 0 aliphatic heterocycles. The van der Waals surface area contributed by atoms with E-state index in [0.717, 1.165) is 12.8 Å². The molecule has 1 aliphatic carbocycles. The predicted octanol–water partition coefficient (Wildman–Crippen LogP) is 1.91. The molecule has 0 aromatic carbocycles. The summed E-state index contributed by atoms with van der Waals surface area (Å²) in [5, 5.41) is 11.8. The van der Waals surface area contributed by atoms with E-state index in [1.807, 2.05) is 0 Å². The lowest BCUT2D eigenvalue weighted by atomic mass is 9.82. The molecule has 1 heterocycles. The third-order valence-electron chi connectivity index (χ3n) is 3.86. The average molecular weight is 280 g/mol. The van der Waals surface area contributed by atoms with Crippen molar-refractivity contribution >= 4 is 11.9 Å². The maximum absolute atomic E-state index is 12.0. The molecule has 1 amide bonds. The van der Waals surface area contributed by atoms with Gasteiger partial charge in [-0.25, -0.2) is 4.98 Å². The number of nitrogens with zero attached hydrogens (tertiary/aromatic N) is 1. The van der Waals surface area contributed by atoms with Gasteiger partial charge in [0.25, 0.3) is 5.91 Å². The van der Waals surface area contributed by atoms with Crippen molar-refractivity contribution in [3.8, 4) is 0 Å². The second-order valence-electron chi connectivity index (χ2n) is 5.41. The van der Waals surface area contributed by atoms with E-state index >= 15 is 0 Å². The van der Waals surface area contributed by atoms with Crippen LogP contribution in [0.25, 0.3) is 0 Å². The summed E-state index contributed by atoms with van der Waals surface area (Å²) in [6.07, 6.45) is 3.06. The molecule has 0 spiro atoms. The number of carboxylic acid groups (broad SMARTS) is 1. The first-order valence-electron chi connectivity index (χ1n) is 6.92. The van der Waals surface area contributed by atoms with Crippen LogP contribution in [0.1, 0.15) is 47.8 Å². The van der Waals surface area contributed by atoms with Crippen molar-refractivity contribution in [3.05, 3.63) is 17.3 Å². The fourth-order valence-corrected chi connectivity index (χ4v) is 2.67. The van der Waals surface area contributed by atoms with E-state index in [9.17, 15) is 9.59 Å². The normalized spacial score (nSPS) is 22.5. The van der Waals surface area contributed by atoms with Crippen LogP contribution in [-0.4, -0.2) is 28.5 Å². The molecule has 2 N–H and O–H groups in total. The maximum Gasteiger partial charge on any atom is 0.306 e. The van der Waals surface area contributed by atoms with Crippen LogP contribution in [-0.2, 0) is 4.79 Å². The summed E-state index contributed by atoms with van der Waals surface area (Å²) in [7, 11) is 0. The lowest BCUT2D eigenvalue weighted by Crippen LogP contribution is -2.32. The minimum Gasteiger partial charge on any atom is -0.481 e. The first-order chi connectivity index (χ1) is 9.47. The molecule has 2 rings (SSSR count). The highest BCUT2D eigenvalue weighted by atomic mass is 16.4. The summed E-state index contributed by atoms with van der Waals surface area (Å²) in [5.41, 5.74) is 0.592. The molecule has 20 heavy (non-hydrogen) atoms. The molecule has 0 bridgehead atoms. The number of aromatic nitrogens is 1. The van der Waals surface area contributed by atoms with Crippen LogP contribution in [0.3, 0.4) is 0 Å². The van der Waals surface area contributed by atoms with E-state index in [0.29, 0.717) is 36.9 Å². The second kappa shape index (κ2) is 6.07. The molecule has 1 saturated carbocycles. The number of carbonyl (C=O) groups is 2. The van der Waals surface area contributed by atoms with Crippen LogP contribution in [0.2, 0.25) is 0 Å². The standard InChI is InChI=1S/C14H20N2O4/c1-8-12(20-9(2)16-8)13(17)15-7-10-3-5-11(6-4-10)14(18)19/h10-11H,3-7H2,1-2H3,(H,15,17)(H,18,19). The van der Waals surface area contributed by atoms with E-state index in [1.165, 1.54) is 0 Å². The van der Waals surface area contributed by atoms with E-state index < -0.39 is 5.97 Å². The van der Waals surface area contributed by atoms with Crippen molar-refractivity contribution in [1.82, 2.24) is 10.3 Å². The van der Waals surface area contributed by atoms with Gasteiger partial charge in [0.05, 0.1) is 11.6 Å². The first-order valence-corrected chi connectivity index (χ1v) is 6.92. The third-order valence-corrected chi connectivity index (χ3v) is 3.86. The highest BCUT2D eigenvalue weighted by molar-refractivity contribution is 5.92. The number of aryl methyl sites for hydroxylation is 2. The summed E-state index contributed by atoms with van der Waals surface area (Å²) in [6, 6.07) is 0. The fraction of sp³-hybridized carbons (Fsp3) is 0.643. The molecule has 0 atom stereocenters. The van der Waals surface area contributed by atoms with Crippen molar-refractivity contribution in [1.29, 1.82) is 0 Å². The summed E-state index contributed by atoms with van der Waals surface area (Å²) >= 11 is 0. The molecule has 0 unspecified atom stereocenters. The average Bonchev–Trinajstić information content (AvgIpc) is 2.75. The second-order valence-corrected chi connectivity index (χ2v) is 5.41. The highest BCUT2D eigenvalue weighted by Crippen LogP contribution is 2.28. The lowest BCUT2D eigenvalue weighted by Gasteiger charge is -2.25.